The van der Waals surface area contributed by atoms with Crippen LogP contribution in [0.2, 0.25) is 0 Å². The Morgan fingerprint density at radius 3 is 3.00 bits per heavy atom. The number of nitrogens with zero attached hydrogens (tertiary/aromatic N) is 1. The number of carbonyl (C=O) groups is 1. The number of nitrogens with one attached hydrogen (secondary N) is 1. The predicted octanol–water partition coefficient (Wildman–Crippen LogP) is 1.50. The summed E-state index contributed by atoms with van der Waals surface area (Å²) in [6.45, 7) is 0.0554. The summed E-state index contributed by atoms with van der Waals surface area (Å²) in [5.41, 5.74) is 0. The number of ether oxygens (including phenoxy) is 1. The number of hydrogen-bond donors (Lipinski definition) is 1. The number of amides is 1. The zero-order chi connectivity index (χ0) is 10.7. The summed E-state index contributed by atoms with van der Waals surface area (Å²) in [4.78, 5) is 15.3. The second-order valence-electron chi connectivity index (χ2n) is 3.45. The smallest absolute Gasteiger partial charge is 0.258 e. The third-order valence-electron chi connectivity index (χ3n) is 2.01. The van der Waals surface area contributed by atoms with Crippen LogP contribution in [-0.4, -0.2) is 23.5 Å². The van der Waals surface area contributed by atoms with Gasteiger partial charge in [-0.25, -0.2) is 4.98 Å². The fourth-order valence-electron chi connectivity index (χ4n) is 1.09. The van der Waals surface area contributed by atoms with Crippen molar-refractivity contribution in [1.29, 1.82) is 0 Å². The molecule has 0 unspecified atom stereocenters. The fraction of sp³-hybridized carbons (Fsp3) is 0.400. The molecule has 1 aliphatic carbocycles. The van der Waals surface area contributed by atoms with Crippen LogP contribution >= 0.6 is 15.9 Å². The first-order valence-corrected chi connectivity index (χ1v) is 5.57. The summed E-state index contributed by atoms with van der Waals surface area (Å²) >= 11 is 3.22. The molecule has 4 nitrogen and oxygen atoms in total. The molecule has 1 saturated carbocycles. The first-order valence-electron chi connectivity index (χ1n) is 4.78. The van der Waals surface area contributed by atoms with Crippen molar-refractivity contribution in [3.05, 3.63) is 22.9 Å². The van der Waals surface area contributed by atoms with Crippen molar-refractivity contribution >= 4 is 21.8 Å². The average Bonchev–Trinajstić information content (AvgIpc) is 3.01. The lowest BCUT2D eigenvalue weighted by Gasteiger charge is -2.05. The molecule has 1 amide bonds. The van der Waals surface area contributed by atoms with E-state index in [0.29, 0.717) is 11.8 Å². The zero-order valence-corrected chi connectivity index (χ0v) is 9.66. The van der Waals surface area contributed by atoms with Gasteiger partial charge in [-0.3, -0.25) is 4.79 Å². The molecule has 1 N–H and O–H groups in total. The van der Waals surface area contributed by atoms with Gasteiger partial charge in [-0.2, -0.15) is 0 Å². The number of hydrogen-bond acceptors (Lipinski definition) is 3. The number of aromatic nitrogens is 1. The summed E-state index contributed by atoms with van der Waals surface area (Å²) in [5, 5.41) is 2.84. The molecule has 0 saturated heterocycles. The van der Waals surface area contributed by atoms with Gasteiger partial charge in [-0.15, -0.1) is 0 Å². The molecule has 0 bridgehead atoms. The highest BCUT2D eigenvalue weighted by atomic mass is 79.9. The Bertz CT molecular complexity index is 349. The molecule has 0 atom stereocenters. The number of pyridine rings is 1. The SMILES string of the molecule is O=C(COc1ccc(Br)nc1)NC1CC1. The van der Waals surface area contributed by atoms with E-state index in [4.69, 9.17) is 4.74 Å². The van der Waals surface area contributed by atoms with Gasteiger partial charge in [0.05, 0.1) is 6.20 Å². The first kappa shape index (κ1) is 10.4. The molecular formula is C10H11BrN2O2. The summed E-state index contributed by atoms with van der Waals surface area (Å²) < 4.78 is 6.00. The molecule has 15 heavy (non-hydrogen) atoms. The minimum absolute atomic E-state index is 0.0554. The van der Waals surface area contributed by atoms with E-state index in [-0.39, 0.29) is 12.5 Å². The topological polar surface area (TPSA) is 51.2 Å². The van der Waals surface area contributed by atoms with Crippen LogP contribution in [-0.2, 0) is 4.79 Å². The maximum atomic E-state index is 11.3. The van der Waals surface area contributed by atoms with E-state index in [2.05, 4.69) is 26.2 Å². The van der Waals surface area contributed by atoms with E-state index in [9.17, 15) is 4.79 Å². The van der Waals surface area contributed by atoms with E-state index < -0.39 is 0 Å². The Kier molecular flexibility index (Phi) is 3.20. The largest absolute Gasteiger partial charge is 0.482 e. The van der Waals surface area contributed by atoms with Crippen LogP contribution in [0.4, 0.5) is 0 Å². The Morgan fingerprint density at radius 1 is 1.60 bits per heavy atom. The molecule has 0 spiro atoms. The van der Waals surface area contributed by atoms with Gasteiger partial charge in [0, 0.05) is 6.04 Å². The van der Waals surface area contributed by atoms with Crippen molar-refractivity contribution < 1.29 is 9.53 Å². The molecule has 1 aliphatic rings. The average molecular weight is 271 g/mol. The molecule has 1 aromatic heterocycles. The Balaban J connectivity index is 1.76. The fourth-order valence-corrected chi connectivity index (χ4v) is 1.33. The second-order valence-corrected chi connectivity index (χ2v) is 4.26. The summed E-state index contributed by atoms with van der Waals surface area (Å²) in [6, 6.07) is 3.92. The summed E-state index contributed by atoms with van der Waals surface area (Å²) in [6.07, 6.45) is 3.76. The second kappa shape index (κ2) is 4.61. The lowest BCUT2D eigenvalue weighted by atomic mass is 10.4. The van der Waals surface area contributed by atoms with Crippen LogP contribution < -0.4 is 10.1 Å². The molecule has 0 aromatic carbocycles. The van der Waals surface area contributed by atoms with Crippen LogP contribution in [0.3, 0.4) is 0 Å². The van der Waals surface area contributed by atoms with E-state index in [1.165, 1.54) is 0 Å². The highest BCUT2D eigenvalue weighted by Crippen LogP contribution is 2.18. The quantitative estimate of drug-likeness (QED) is 0.844. The summed E-state index contributed by atoms with van der Waals surface area (Å²) in [5.74, 6) is 0.532. The van der Waals surface area contributed by atoms with E-state index in [1.54, 1.807) is 18.3 Å². The van der Waals surface area contributed by atoms with Crippen molar-refractivity contribution in [3.63, 3.8) is 0 Å². The minimum Gasteiger partial charge on any atom is -0.482 e. The molecule has 0 radical (unpaired) electrons. The third kappa shape index (κ3) is 3.51. The van der Waals surface area contributed by atoms with Gasteiger partial charge in [0.15, 0.2) is 6.61 Å². The summed E-state index contributed by atoms with van der Waals surface area (Å²) in [7, 11) is 0. The monoisotopic (exact) mass is 270 g/mol. The highest BCUT2D eigenvalue weighted by molar-refractivity contribution is 9.10. The number of halogens is 1. The lowest BCUT2D eigenvalue weighted by molar-refractivity contribution is -0.123. The predicted molar refractivity (Wildman–Crippen MR) is 58.6 cm³/mol. The van der Waals surface area contributed by atoms with Crippen LogP contribution in [0, 0.1) is 0 Å². The van der Waals surface area contributed by atoms with Gasteiger partial charge in [0.1, 0.15) is 10.4 Å². The van der Waals surface area contributed by atoms with Crippen molar-refractivity contribution in [2.75, 3.05) is 6.61 Å². The maximum absolute atomic E-state index is 11.3. The molecule has 5 heteroatoms. The Hall–Kier alpha value is -1.10. The molecule has 1 fully saturated rings. The van der Waals surface area contributed by atoms with Gasteiger partial charge >= 0.3 is 0 Å². The van der Waals surface area contributed by atoms with Gasteiger partial charge < -0.3 is 10.1 Å². The molecular weight excluding hydrogens is 260 g/mol. The van der Waals surface area contributed by atoms with Gasteiger partial charge in [-0.05, 0) is 40.9 Å². The van der Waals surface area contributed by atoms with E-state index >= 15 is 0 Å². The first-order chi connectivity index (χ1) is 7.24. The number of carbonyl (C=O) groups excluding carboxylic acids is 1. The van der Waals surface area contributed by atoms with Gasteiger partial charge in [-0.1, -0.05) is 0 Å². The lowest BCUT2D eigenvalue weighted by Crippen LogP contribution is -2.30. The molecule has 2 rings (SSSR count). The normalized spacial score (nSPS) is 14.7. The minimum atomic E-state index is -0.0691. The van der Waals surface area contributed by atoms with E-state index in [0.717, 1.165) is 17.4 Å². The van der Waals surface area contributed by atoms with Crippen molar-refractivity contribution in [2.24, 2.45) is 0 Å². The molecule has 1 heterocycles. The van der Waals surface area contributed by atoms with Crippen LogP contribution in [0.15, 0.2) is 22.9 Å². The molecule has 0 aliphatic heterocycles. The molecule has 1 aromatic rings. The highest BCUT2D eigenvalue weighted by Gasteiger charge is 2.23. The van der Waals surface area contributed by atoms with Gasteiger partial charge in [0.25, 0.3) is 5.91 Å². The van der Waals surface area contributed by atoms with Gasteiger partial charge in [0.2, 0.25) is 0 Å². The van der Waals surface area contributed by atoms with Crippen molar-refractivity contribution in [3.8, 4) is 5.75 Å². The van der Waals surface area contributed by atoms with Crippen molar-refractivity contribution in [2.45, 2.75) is 18.9 Å². The Labute approximate surface area is 96.2 Å². The van der Waals surface area contributed by atoms with E-state index in [1.807, 2.05) is 0 Å². The maximum Gasteiger partial charge on any atom is 0.258 e. The zero-order valence-electron chi connectivity index (χ0n) is 8.07. The molecule has 80 valence electrons. The van der Waals surface area contributed by atoms with Crippen molar-refractivity contribution in [1.82, 2.24) is 10.3 Å². The Morgan fingerprint density at radius 2 is 2.40 bits per heavy atom. The van der Waals surface area contributed by atoms with Crippen LogP contribution in [0.25, 0.3) is 0 Å². The van der Waals surface area contributed by atoms with Crippen LogP contribution in [0.5, 0.6) is 5.75 Å². The number of rotatable bonds is 4. The third-order valence-corrected chi connectivity index (χ3v) is 2.48. The van der Waals surface area contributed by atoms with Crippen LogP contribution in [0.1, 0.15) is 12.8 Å². The standard InChI is InChI=1S/C10H11BrN2O2/c11-9-4-3-8(5-12-9)15-6-10(14)13-7-1-2-7/h3-5,7H,1-2,6H2,(H,13,14).